The SMILES string of the molecule is CC1(C)c2ccccc2-c2c(-c3ccc(N(c4ccc(-c5cccc6c5oc5ccccc56)cc4)c4ccc(-c5cccc6c5oc5c7ccccc7ccc65)cc4)cc3)cccc21. The molecule has 0 bridgehead atoms. The van der Waals surface area contributed by atoms with Gasteiger partial charge in [-0.15, -0.1) is 0 Å². The third-order valence-corrected chi connectivity index (χ3v) is 13.7. The topological polar surface area (TPSA) is 29.5 Å². The van der Waals surface area contributed by atoms with Gasteiger partial charge in [0.15, 0.2) is 0 Å². The monoisotopic (exact) mass is 819 g/mol. The second-order valence-corrected chi connectivity index (χ2v) is 17.6. The van der Waals surface area contributed by atoms with Crippen LogP contribution in [0.2, 0.25) is 0 Å². The molecule has 0 fully saturated rings. The number of hydrogen-bond donors (Lipinski definition) is 0. The largest absolute Gasteiger partial charge is 0.455 e. The quantitative estimate of drug-likeness (QED) is 0.167. The van der Waals surface area contributed by atoms with Crippen molar-refractivity contribution in [2.24, 2.45) is 0 Å². The van der Waals surface area contributed by atoms with Gasteiger partial charge in [-0.3, -0.25) is 0 Å². The number of rotatable bonds is 6. The zero-order valence-corrected chi connectivity index (χ0v) is 35.5. The maximum Gasteiger partial charge on any atom is 0.143 e. The fraction of sp³-hybridized carbons (Fsp3) is 0.0492. The van der Waals surface area contributed by atoms with Crippen LogP contribution in [0.1, 0.15) is 25.0 Å². The molecule has 0 amide bonds. The molecule has 0 saturated carbocycles. The number of nitrogens with zero attached hydrogens (tertiary/aromatic N) is 1. The van der Waals surface area contributed by atoms with Crippen molar-refractivity contribution in [2.45, 2.75) is 19.3 Å². The van der Waals surface area contributed by atoms with Crippen LogP contribution in [0.25, 0.3) is 99.2 Å². The van der Waals surface area contributed by atoms with Crippen LogP contribution in [-0.2, 0) is 5.41 Å². The summed E-state index contributed by atoms with van der Waals surface area (Å²) in [5.74, 6) is 0. The van der Waals surface area contributed by atoms with E-state index in [4.69, 9.17) is 8.83 Å². The van der Waals surface area contributed by atoms with Gasteiger partial charge < -0.3 is 13.7 Å². The molecular formula is C61H41NO2. The second kappa shape index (κ2) is 13.9. The summed E-state index contributed by atoms with van der Waals surface area (Å²) in [5.41, 5.74) is 19.0. The summed E-state index contributed by atoms with van der Waals surface area (Å²) >= 11 is 0. The van der Waals surface area contributed by atoms with Crippen LogP contribution in [0.15, 0.2) is 221 Å². The Labute approximate surface area is 371 Å². The summed E-state index contributed by atoms with van der Waals surface area (Å²) < 4.78 is 13.2. The highest BCUT2D eigenvalue weighted by atomic mass is 16.3. The second-order valence-electron chi connectivity index (χ2n) is 17.6. The molecule has 2 heterocycles. The minimum Gasteiger partial charge on any atom is -0.455 e. The Kier molecular flexibility index (Phi) is 7.95. The molecule has 3 heteroatoms. The van der Waals surface area contributed by atoms with Crippen molar-refractivity contribution in [2.75, 3.05) is 4.90 Å². The Morgan fingerprint density at radius 3 is 1.48 bits per heavy atom. The third-order valence-electron chi connectivity index (χ3n) is 13.7. The molecule has 0 N–H and O–H groups in total. The molecule has 1 aliphatic carbocycles. The highest BCUT2D eigenvalue weighted by molar-refractivity contribution is 6.17. The van der Waals surface area contributed by atoms with Gasteiger partial charge in [-0.25, -0.2) is 0 Å². The van der Waals surface area contributed by atoms with E-state index >= 15 is 0 Å². The Bertz CT molecular complexity index is 3790. The van der Waals surface area contributed by atoms with E-state index in [1.54, 1.807) is 0 Å². The maximum absolute atomic E-state index is 6.75. The summed E-state index contributed by atoms with van der Waals surface area (Å²) in [4.78, 5) is 2.35. The highest BCUT2D eigenvalue weighted by Crippen LogP contribution is 2.52. The average molecular weight is 820 g/mol. The maximum atomic E-state index is 6.75. The summed E-state index contributed by atoms with van der Waals surface area (Å²) in [6, 6.07) is 76.5. The zero-order chi connectivity index (χ0) is 42.5. The van der Waals surface area contributed by atoms with Crippen LogP contribution in [0.5, 0.6) is 0 Å². The molecule has 2 aromatic heterocycles. The molecule has 0 atom stereocenters. The molecule has 0 radical (unpaired) electrons. The third kappa shape index (κ3) is 5.47. The van der Waals surface area contributed by atoms with Crippen LogP contribution in [0.4, 0.5) is 17.1 Å². The van der Waals surface area contributed by atoms with Gasteiger partial charge in [-0.1, -0.05) is 178 Å². The van der Waals surface area contributed by atoms with Crippen molar-refractivity contribution >= 4 is 71.7 Å². The number of para-hydroxylation sites is 3. The van der Waals surface area contributed by atoms with E-state index in [2.05, 4.69) is 219 Å². The Morgan fingerprint density at radius 1 is 0.328 bits per heavy atom. The van der Waals surface area contributed by atoms with Crippen molar-refractivity contribution in [3.8, 4) is 44.5 Å². The predicted octanol–water partition coefficient (Wildman–Crippen LogP) is 17.4. The summed E-state index contributed by atoms with van der Waals surface area (Å²) in [6.07, 6.45) is 0. The Morgan fingerprint density at radius 2 is 0.797 bits per heavy atom. The lowest BCUT2D eigenvalue weighted by Gasteiger charge is -2.26. The van der Waals surface area contributed by atoms with Gasteiger partial charge >= 0.3 is 0 Å². The van der Waals surface area contributed by atoms with Gasteiger partial charge in [-0.05, 0) is 98.4 Å². The van der Waals surface area contributed by atoms with E-state index in [-0.39, 0.29) is 5.41 Å². The Hall–Kier alpha value is -8.14. The first-order chi connectivity index (χ1) is 31.5. The average Bonchev–Trinajstić information content (AvgIpc) is 4.00. The van der Waals surface area contributed by atoms with Gasteiger partial charge in [0, 0.05) is 60.5 Å². The first-order valence-electron chi connectivity index (χ1n) is 22.1. The van der Waals surface area contributed by atoms with Gasteiger partial charge in [0.25, 0.3) is 0 Å². The molecule has 13 rings (SSSR count). The highest BCUT2D eigenvalue weighted by Gasteiger charge is 2.36. The van der Waals surface area contributed by atoms with E-state index in [0.717, 1.165) is 88.6 Å². The fourth-order valence-electron chi connectivity index (χ4n) is 10.5. The Balaban J connectivity index is 0.917. The number of hydrogen-bond acceptors (Lipinski definition) is 3. The van der Waals surface area contributed by atoms with Crippen molar-refractivity contribution < 1.29 is 8.83 Å². The number of fused-ring (bicyclic) bond motifs is 11. The van der Waals surface area contributed by atoms with E-state index in [1.807, 2.05) is 12.1 Å². The first kappa shape index (κ1) is 36.5. The van der Waals surface area contributed by atoms with Crippen LogP contribution in [-0.4, -0.2) is 0 Å². The lowest BCUT2D eigenvalue weighted by Crippen LogP contribution is -2.14. The smallest absolute Gasteiger partial charge is 0.143 e. The number of benzene rings is 10. The van der Waals surface area contributed by atoms with E-state index in [1.165, 1.54) is 38.8 Å². The fourth-order valence-corrected chi connectivity index (χ4v) is 10.5. The van der Waals surface area contributed by atoms with Crippen LogP contribution < -0.4 is 4.90 Å². The minimum atomic E-state index is -0.0583. The van der Waals surface area contributed by atoms with Crippen LogP contribution in [0, 0.1) is 0 Å². The molecular weight excluding hydrogens is 779 g/mol. The standard InChI is InChI=1S/C61H41NO2/c1-61(2)54-21-7-5-15-53(54)57-45(16-11-22-55(57)61)39-24-31-42(32-25-39)62(43-33-26-40(27-34-43)47-17-9-19-50-49-14-6-8-23-56(49)63-58(47)50)44-35-28-41(29-36-44)48-18-10-20-51-52-37-30-38-12-3-4-13-46(38)60(52)64-59(48)51/h3-37H,1-2H3. The van der Waals surface area contributed by atoms with Crippen LogP contribution in [0.3, 0.4) is 0 Å². The summed E-state index contributed by atoms with van der Waals surface area (Å²) in [7, 11) is 0. The summed E-state index contributed by atoms with van der Waals surface area (Å²) in [6.45, 7) is 4.68. The van der Waals surface area contributed by atoms with E-state index in [0.29, 0.717) is 0 Å². The molecule has 12 aromatic rings. The van der Waals surface area contributed by atoms with E-state index in [9.17, 15) is 0 Å². The van der Waals surface area contributed by atoms with Gasteiger partial charge in [0.05, 0.1) is 0 Å². The van der Waals surface area contributed by atoms with Crippen molar-refractivity contribution in [1.82, 2.24) is 0 Å². The molecule has 10 aromatic carbocycles. The molecule has 3 nitrogen and oxygen atoms in total. The van der Waals surface area contributed by atoms with Crippen molar-refractivity contribution in [3.05, 3.63) is 223 Å². The molecule has 302 valence electrons. The van der Waals surface area contributed by atoms with Gasteiger partial charge in [0.1, 0.15) is 22.3 Å². The molecule has 0 saturated heterocycles. The molecule has 1 aliphatic rings. The lowest BCUT2D eigenvalue weighted by atomic mass is 9.82. The summed E-state index contributed by atoms with van der Waals surface area (Å²) in [5, 5.41) is 6.82. The van der Waals surface area contributed by atoms with Crippen molar-refractivity contribution in [3.63, 3.8) is 0 Å². The minimum absolute atomic E-state index is 0.0583. The normalized spacial score (nSPS) is 13.0. The van der Waals surface area contributed by atoms with Gasteiger partial charge in [0.2, 0.25) is 0 Å². The first-order valence-corrected chi connectivity index (χ1v) is 22.1. The molecule has 0 aliphatic heterocycles. The van der Waals surface area contributed by atoms with E-state index < -0.39 is 0 Å². The molecule has 0 unspecified atom stereocenters. The van der Waals surface area contributed by atoms with Crippen molar-refractivity contribution in [1.29, 1.82) is 0 Å². The number of furan rings is 2. The van der Waals surface area contributed by atoms with Crippen LogP contribution >= 0.6 is 0 Å². The predicted molar refractivity (Wildman–Crippen MR) is 267 cm³/mol. The van der Waals surface area contributed by atoms with Gasteiger partial charge in [-0.2, -0.15) is 0 Å². The number of anilines is 3. The molecule has 64 heavy (non-hydrogen) atoms. The molecule has 0 spiro atoms. The lowest BCUT2D eigenvalue weighted by molar-refractivity contribution is 0.660. The zero-order valence-electron chi connectivity index (χ0n) is 35.5.